The van der Waals surface area contributed by atoms with Crippen molar-refractivity contribution in [1.29, 1.82) is 0 Å². The van der Waals surface area contributed by atoms with Crippen molar-refractivity contribution in [2.45, 2.75) is 45.7 Å². The van der Waals surface area contributed by atoms with Gasteiger partial charge in [0.25, 0.3) is 0 Å². The molecular weight excluding hydrogens is 264 g/mol. The third kappa shape index (κ3) is 5.38. The van der Waals surface area contributed by atoms with Crippen LogP contribution in [-0.2, 0) is 6.54 Å². The fourth-order valence-corrected chi connectivity index (χ4v) is 2.67. The molecule has 118 valence electrons. The van der Waals surface area contributed by atoms with E-state index in [1.807, 2.05) is 6.07 Å². The summed E-state index contributed by atoms with van der Waals surface area (Å²) < 4.78 is 0. The zero-order valence-corrected chi connectivity index (χ0v) is 13.2. The molecule has 6 heteroatoms. The van der Waals surface area contributed by atoms with Gasteiger partial charge in [-0.25, -0.2) is 4.99 Å². The molecule has 0 radical (unpaired) electrons. The smallest absolute Gasteiger partial charge is 0.191 e. The van der Waals surface area contributed by atoms with Crippen LogP contribution in [-0.4, -0.2) is 53.3 Å². The van der Waals surface area contributed by atoms with Gasteiger partial charge in [0, 0.05) is 31.9 Å². The Kier molecular flexibility index (Phi) is 6.53. The maximum atomic E-state index is 4.61. The third-order valence-electron chi connectivity index (χ3n) is 3.78. The molecule has 0 unspecified atom stereocenters. The number of aliphatic imine (C=N–C) groups is 1. The lowest BCUT2D eigenvalue weighted by Crippen LogP contribution is -2.48. The first-order valence-electron chi connectivity index (χ1n) is 8.07. The maximum absolute atomic E-state index is 4.61. The molecule has 1 aromatic heterocycles. The highest BCUT2D eigenvalue weighted by atomic mass is 15.2. The minimum absolute atomic E-state index is 0.526. The summed E-state index contributed by atoms with van der Waals surface area (Å²) in [6.45, 7) is 9.44. The highest BCUT2D eigenvalue weighted by Gasteiger charge is 2.19. The Morgan fingerprint density at radius 2 is 2.24 bits per heavy atom. The van der Waals surface area contributed by atoms with Crippen molar-refractivity contribution in [2.75, 3.05) is 26.2 Å². The Hall–Kier alpha value is -1.56. The SMILES string of the molecule is CCCN1CCC(NC(=NCc2ccn[nH]2)NCC)CC1. The van der Waals surface area contributed by atoms with Gasteiger partial charge in [-0.1, -0.05) is 6.92 Å². The highest BCUT2D eigenvalue weighted by molar-refractivity contribution is 5.80. The molecular formula is C15H28N6. The highest BCUT2D eigenvalue weighted by Crippen LogP contribution is 2.10. The van der Waals surface area contributed by atoms with Crippen LogP contribution in [0.2, 0.25) is 0 Å². The molecule has 3 N–H and O–H groups in total. The molecule has 0 aliphatic carbocycles. The van der Waals surface area contributed by atoms with Crippen LogP contribution < -0.4 is 10.6 Å². The van der Waals surface area contributed by atoms with Gasteiger partial charge in [-0.15, -0.1) is 0 Å². The van der Waals surface area contributed by atoms with Gasteiger partial charge in [0.2, 0.25) is 0 Å². The van der Waals surface area contributed by atoms with Gasteiger partial charge in [0.05, 0.1) is 12.2 Å². The van der Waals surface area contributed by atoms with Crippen LogP contribution >= 0.6 is 0 Å². The molecule has 1 aromatic rings. The van der Waals surface area contributed by atoms with Gasteiger partial charge < -0.3 is 15.5 Å². The van der Waals surface area contributed by atoms with Crippen LogP contribution in [0.25, 0.3) is 0 Å². The lowest BCUT2D eigenvalue weighted by Gasteiger charge is -2.32. The van der Waals surface area contributed by atoms with Gasteiger partial charge >= 0.3 is 0 Å². The Morgan fingerprint density at radius 3 is 2.86 bits per heavy atom. The van der Waals surface area contributed by atoms with E-state index in [2.05, 4.69) is 44.6 Å². The van der Waals surface area contributed by atoms with Crippen LogP contribution in [0.1, 0.15) is 38.8 Å². The van der Waals surface area contributed by atoms with Crippen LogP contribution in [0.15, 0.2) is 17.3 Å². The summed E-state index contributed by atoms with van der Waals surface area (Å²) in [5.74, 6) is 0.904. The number of likely N-dealkylation sites (tertiary alicyclic amines) is 1. The molecule has 1 fully saturated rings. The van der Waals surface area contributed by atoms with E-state index in [0.717, 1.165) is 18.2 Å². The molecule has 1 aliphatic rings. The monoisotopic (exact) mass is 292 g/mol. The summed E-state index contributed by atoms with van der Waals surface area (Å²) in [5.41, 5.74) is 1.03. The Labute approximate surface area is 127 Å². The molecule has 21 heavy (non-hydrogen) atoms. The summed E-state index contributed by atoms with van der Waals surface area (Å²) in [7, 11) is 0. The van der Waals surface area contributed by atoms with E-state index in [0.29, 0.717) is 12.6 Å². The minimum Gasteiger partial charge on any atom is -0.357 e. The molecule has 0 amide bonds. The van der Waals surface area contributed by atoms with Crippen molar-refractivity contribution < 1.29 is 0 Å². The van der Waals surface area contributed by atoms with Gasteiger partial charge in [-0.2, -0.15) is 5.10 Å². The molecule has 0 saturated carbocycles. The van der Waals surface area contributed by atoms with Gasteiger partial charge in [-0.05, 0) is 38.8 Å². The minimum atomic E-state index is 0.526. The normalized spacial score (nSPS) is 17.9. The zero-order valence-electron chi connectivity index (χ0n) is 13.2. The van der Waals surface area contributed by atoms with Crippen LogP contribution in [0.4, 0.5) is 0 Å². The zero-order chi connectivity index (χ0) is 14.9. The molecule has 1 aliphatic heterocycles. The van der Waals surface area contributed by atoms with Gasteiger partial charge in [0.1, 0.15) is 0 Å². The van der Waals surface area contributed by atoms with Crippen molar-refractivity contribution in [3.8, 4) is 0 Å². The second kappa shape index (κ2) is 8.67. The first-order chi connectivity index (χ1) is 10.3. The Morgan fingerprint density at radius 1 is 1.43 bits per heavy atom. The second-order valence-electron chi connectivity index (χ2n) is 5.54. The largest absolute Gasteiger partial charge is 0.357 e. The third-order valence-corrected chi connectivity index (χ3v) is 3.78. The lowest BCUT2D eigenvalue weighted by atomic mass is 10.1. The number of guanidine groups is 1. The van der Waals surface area contributed by atoms with Crippen molar-refractivity contribution in [1.82, 2.24) is 25.7 Å². The van der Waals surface area contributed by atoms with Crippen molar-refractivity contribution in [2.24, 2.45) is 4.99 Å². The van der Waals surface area contributed by atoms with E-state index < -0.39 is 0 Å². The molecule has 2 heterocycles. The van der Waals surface area contributed by atoms with Crippen LogP contribution in [0.3, 0.4) is 0 Å². The number of nitrogens with zero attached hydrogens (tertiary/aromatic N) is 3. The van der Waals surface area contributed by atoms with Crippen molar-refractivity contribution in [3.05, 3.63) is 18.0 Å². The van der Waals surface area contributed by atoms with Gasteiger partial charge in [-0.3, -0.25) is 5.10 Å². The standard InChI is InChI=1S/C15H28N6/c1-3-9-21-10-6-13(7-11-21)19-15(16-4-2)17-12-14-5-8-18-20-14/h5,8,13H,3-4,6-7,9-12H2,1-2H3,(H,18,20)(H2,16,17,19). The first-order valence-corrected chi connectivity index (χ1v) is 8.07. The summed E-state index contributed by atoms with van der Waals surface area (Å²) in [4.78, 5) is 7.16. The van der Waals surface area contributed by atoms with E-state index in [-0.39, 0.29) is 0 Å². The quantitative estimate of drug-likeness (QED) is 0.547. The average molecular weight is 292 g/mol. The van der Waals surface area contributed by atoms with E-state index in [1.54, 1.807) is 6.20 Å². The fourth-order valence-electron chi connectivity index (χ4n) is 2.67. The van der Waals surface area contributed by atoms with Crippen LogP contribution in [0.5, 0.6) is 0 Å². The fraction of sp³-hybridized carbons (Fsp3) is 0.733. The predicted molar refractivity (Wildman–Crippen MR) is 86.3 cm³/mol. The van der Waals surface area contributed by atoms with E-state index in [1.165, 1.54) is 38.9 Å². The second-order valence-corrected chi connectivity index (χ2v) is 5.54. The van der Waals surface area contributed by atoms with Crippen LogP contribution in [0, 0.1) is 0 Å². The number of aromatic amines is 1. The van der Waals surface area contributed by atoms with E-state index in [4.69, 9.17) is 0 Å². The summed E-state index contributed by atoms with van der Waals surface area (Å²) in [6.07, 6.45) is 5.38. The maximum Gasteiger partial charge on any atom is 0.191 e. The number of aromatic nitrogens is 2. The molecule has 0 atom stereocenters. The molecule has 1 saturated heterocycles. The number of rotatable bonds is 6. The molecule has 2 rings (SSSR count). The number of hydrogen-bond acceptors (Lipinski definition) is 3. The molecule has 0 spiro atoms. The summed E-state index contributed by atoms with van der Waals surface area (Å²) in [5, 5.41) is 13.8. The topological polar surface area (TPSA) is 68.3 Å². The predicted octanol–water partition coefficient (Wildman–Crippen LogP) is 1.34. The van der Waals surface area contributed by atoms with E-state index in [9.17, 15) is 0 Å². The summed E-state index contributed by atoms with van der Waals surface area (Å²) in [6, 6.07) is 2.48. The molecule has 0 aromatic carbocycles. The average Bonchev–Trinajstić information content (AvgIpc) is 3.01. The first kappa shape index (κ1) is 15.8. The number of hydrogen-bond donors (Lipinski definition) is 3. The number of piperidine rings is 1. The Bertz CT molecular complexity index is 406. The summed E-state index contributed by atoms with van der Waals surface area (Å²) >= 11 is 0. The van der Waals surface area contributed by atoms with Crippen molar-refractivity contribution >= 4 is 5.96 Å². The number of H-pyrrole nitrogens is 1. The Balaban J connectivity index is 1.81. The molecule has 6 nitrogen and oxygen atoms in total. The lowest BCUT2D eigenvalue weighted by molar-refractivity contribution is 0.206. The van der Waals surface area contributed by atoms with E-state index >= 15 is 0 Å². The van der Waals surface area contributed by atoms with Gasteiger partial charge in [0.15, 0.2) is 5.96 Å². The number of nitrogens with one attached hydrogen (secondary N) is 3. The van der Waals surface area contributed by atoms with Crippen molar-refractivity contribution in [3.63, 3.8) is 0 Å². The molecule has 0 bridgehead atoms.